The highest BCUT2D eigenvalue weighted by Gasteiger charge is 1.84. The van der Waals surface area contributed by atoms with E-state index in [4.69, 9.17) is 0 Å². The number of carbonyl (C=O) groups excluding carboxylic acids is 1. The van der Waals surface area contributed by atoms with Crippen LogP contribution in [0.4, 0.5) is 0 Å². The lowest BCUT2D eigenvalue weighted by Crippen LogP contribution is -1.75. The summed E-state index contributed by atoms with van der Waals surface area (Å²) in [6.07, 6.45) is 20.2. The summed E-state index contributed by atoms with van der Waals surface area (Å²) < 4.78 is 0. The van der Waals surface area contributed by atoms with Crippen LogP contribution in [0.2, 0.25) is 0 Å². The summed E-state index contributed by atoms with van der Waals surface area (Å²) in [6.45, 7) is 2.24. The van der Waals surface area contributed by atoms with Crippen LogP contribution in [-0.2, 0) is 4.79 Å². The summed E-state index contributed by atoms with van der Waals surface area (Å²) in [5, 5.41) is 0. The molecule has 0 fully saturated rings. The molecule has 0 radical (unpaired) electrons. The molecule has 1 heteroatoms. The average molecular weight is 222 g/mol. The van der Waals surface area contributed by atoms with Gasteiger partial charge in [0.1, 0.15) is 6.29 Å². The van der Waals surface area contributed by atoms with Crippen LogP contribution in [0.5, 0.6) is 0 Å². The topological polar surface area (TPSA) is 17.1 Å². The van der Waals surface area contributed by atoms with E-state index in [2.05, 4.69) is 31.2 Å². The van der Waals surface area contributed by atoms with Gasteiger partial charge in [-0.05, 0) is 32.1 Å². The Hall–Kier alpha value is -0.850. The van der Waals surface area contributed by atoms with E-state index < -0.39 is 0 Å². The molecule has 0 aliphatic heterocycles. The summed E-state index contributed by atoms with van der Waals surface area (Å²) in [5.41, 5.74) is 0. The van der Waals surface area contributed by atoms with Crippen molar-refractivity contribution >= 4 is 6.29 Å². The van der Waals surface area contributed by atoms with Gasteiger partial charge in [0.2, 0.25) is 0 Å². The third-order valence-corrected chi connectivity index (χ3v) is 2.55. The van der Waals surface area contributed by atoms with E-state index in [0.29, 0.717) is 6.42 Å². The molecule has 0 unspecified atom stereocenters. The zero-order chi connectivity index (χ0) is 11.9. The first kappa shape index (κ1) is 15.2. The maximum absolute atomic E-state index is 10.1. The summed E-state index contributed by atoms with van der Waals surface area (Å²) in [4.78, 5) is 10.1. The standard InChI is InChI=1S/C15H26O/c1-2-3-4-5-6-7-8-9-10-11-12-13-14-15-16/h7-10,15H,2-6,11-14H2,1H3/b8-7-,10-9+. The fraction of sp³-hybridized carbons (Fsp3) is 0.667. The smallest absolute Gasteiger partial charge is 0.119 e. The summed E-state index contributed by atoms with van der Waals surface area (Å²) in [5.74, 6) is 0. The number of hydrogen-bond acceptors (Lipinski definition) is 1. The average Bonchev–Trinajstić information content (AvgIpc) is 2.31. The molecular weight excluding hydrogens is 196 g/mol. The van der Waals surface area contributed by atoms with Gasteiger partial charge in [0.25, 0.3) is 0 Å². The Balaban J connectivity index is 3.18. The predicted octanol–water partition coefficient (Wildman–Crippen LogP) is 4.83. The molecule has 0 aliphatic carbocycles. The Bertz CT molecular complexity index is 192. The van der Waals surface area contributed by atoms with Crippen molar-refractivity contribution in [2.75, 3.05) is 0 Å². The molecule has 0 N–H and O–H groups in total. The first-order valence-electron chi connectivity index (χ1n) is 6.67. The maximum Gasteiger partial charge on any atom is 0.119 e. The van der Waals surface area contributed by atoms with Gasteiger partial charge < -0.3 is 4.79 Å². The second-order valence-corrected chi connectivity index (χ2v) is 4.16. The largest absolute Gasteiger partial charge is 0.303 e. The van der Waals surface area contributed by atoms with Crippen LogP contribution < -0.4 is 0 Å². The molecule has 0 aromatic carbocycles. The molecular formula is C15H26O. The van der Waals surface area contributed by atoms with Crippen molar-refractivity contribution in [3.05, 3.63) is 24.3 Å². The summed E-state index contributed by atoms with van der Waals surface area (Å²) >= 11 is 0. The molecule has 0 spiro atoms. The number of allylic oxidation sites excluding steroid dienone is 4. The van der Waals surface area contributed by atoms with E-state index in [1.165, 1.54) is 32.1 Å². The molecule has 0 aromatic heterocycles. The number of carbonyl (C=O) groups is 1. The quantitative estimate of drug-likeness (QED) is 0.278. The lowest BCUT2D eigenvalue weighted by atomic mass is 10.1. The maximum atomic E-state index is 10.1. The first-order chi connectivity index (χ1) is 7.91. The molecule has 0 heterocycles. The Kier molecular flexibility index (Phi) is 13.4. The Morgan fingerprint density at radius 1 is 0.750 bits per heavy atom. The monoisotopic (exact) mass is 222 g/mol. The highest BCUT2D eigenvalue weighted by molar-refractivity contribution is 5.48. The minimum atomic E-state index is 0.709. The molecule has 0 amide bonds. The van der Waals surface area contributed by atoms with Gasteiger partial charge in [0.15, 0.2) is 0 Å². The van der Waals surface area contributed by atoms with Crippen LogP contribution in [0.3, 0.4) is 0 Å². The van der Waals surface area contributed by atoms with Gasteiger partial charge in [0, 0.05) is 6.42 Å². The molecule has 0 aromatic rings. The van der Waals surface area contributed by atoms with E-state index in [1.54, 1.807) is 0 Å². The van der Waals surface area contributed by atoms with Crippen molar-refractivity contribution < 1.29 is 4.79 Å². The van der Waals surface area contributed by atoms with Crippen molar-refractivity contribution in [3.8, 4) is 0 Å². The number of hydrogen-bond donors (Lipinski definition) is 0. The molecule has 0 aliphatic rings. The highest BCUT2D eigenvalue weighted by Crippen LogP contribution is 2.03. The highest BCUT2D eigenvalue weighted by atomic mass is 16.1. The summed E-state index contributed by atoms with van der Waals surface area (Å²) in [7, 11) is 0. The number of rotatable bonds is 11. The van der Waals surface area contributed by atoms with E-state index in [9.17, 15) is 4.79 Å². The molecule has 0 saturated carbocycles. The zero-order valence-electron chi connectivity index (χ0n) is 10.7. The SMILES string of the molecule is CCCCCC/C=C\C=C\CCCCC=O. The Labute approximate surface area is 101 Å². The summed E-state index contributed by atoms with van der Waals surface area (Å²) in [6, 6.07) is 0. The molecule has 0 saturated heterocycles. The van der Waals surface area contributed by atoms with Gasteiger partial charge in [-0.15, -0.1) is 0 Å². The van der Waals surface area contributed by atoms with Crippen molar-refractivity contribution in [3.63, 3.8) is 0 Å². The van der Waals surface area contributed by atoms with Gasteiger partial charge in [-0.3, -0.25) is 0 Å². The lowest BCUT2D eigenvalue weighted by Gasteiger charge is -1.93. The minimum Gasteiger partial charge on any atom is -0.303 e. The predicted molar refractivity (Wildman–Crippen MR) is 71.6 cm³/mol. The van der Waals surface area contributed by atoms with Gasteiger partial charge in [-0.2, -0.15) is 0 Å². The zero-order valence-corrected chi connectivity index (χ0v) is 10.7. The first-order valence-corrected chi connectivity index (χ1v) is 6.67. The second kappa shape index (κ2) is 14.2. The van der Waals surface area contributed by atoms with Crippen LogP contribution in [-0.4, -0.2) is 6.29 Å². The van der Waals surface area contributed by atoms with Gasteiger partial charge in [-0.25, -0.2) is 0 Å². The van der Waals surface area contributed by atoms with Crippen molar-refractivity contribution in [1.82, 2.24) is 0 Å². The second-order valence-electron chi connectivity index (χ2n) is 4.16. The fourth-order valence-electron chi connectivity index (χ4n) is 1.53. The fourth-order valence-corrected chi connectivity index (χ4v) is 1.53. The van der Waals surface area contributed by atoms with E-state index in [1.807, 2.05) is 0 Å². The molecule has 16 heavy (non-hydrogen) atoms. The normalized spacial score (nSPS) is 11.6. The van der Waals surface area contributed by atoms with Gasteiger partial charge >= 0.3 is 0 Å². The lowest BCUT2D eigenvalue weighted by molar-refractivity contribution is -0.107. The van der Waals surface area contributed by atoms with E-state index in [0.717, 1.165) is 25.5 Å². The van der Waals surface area contributed by atoms with Crippen molar-refractivity contribution in [1.29, 1.82) is 0 Å². The van der Waals surface area contributed by atoms with E-state index >= 15 is 0 Å². The van der Waals surface area contributed by atoms with Crippen LogP contribution in [0.25, 0.3) is 0 Å². The Morgan fingerprint density at radius 2 is 1.31 bits per heavy atom. The van der Waals surface area contributed by atoms with Crippen molar-refractivity contribution in [2.24, 2.45) is 0 Å². The number of unbranched alkanes of at least 4 members (excludes halogenated alkanes) is 7. The molecule has 0 rings (SSSR count). The van der Waals surface area contributed by atoms with Crippen LogP contribution in [0, 0.1) is 0 Å². The third-order valence-electron chi connectivity index (χ3n) is 2.55. The third kappa shape index (κ3) is 13.2. The Morgan fingerprint density at radius 3 is 1.88 bits per heavy atom. The molecule has 0 atom stereocenters. The van der Waals surface area contributed by atoms with E-state index in [-0.39, 0.29) is 0 Å². The minimum absolute atomic E-state index is 0.709. The van der Waals surface area contributed by atoms with Crippen molar-refractivity contribution in [2.45, 2.75) is 64.7 Å². The van der Waals surface area contributed by atoms with Crippen LogP contribution in [0.1, 0.15) is 64.7 Å². The van der Waals surface area contributed by atoms with Gasteiger partial charge in [0.05, 0.1) is 0 Å². The molecule has 1 nitrogen and oxygen atoms in total. The molecule has 0 bridgehead atoms. The molecule has 92 valence electrons. The van der Waals surface area contributed by atoms with Crippen LogP contribution >= 0.6 is 0 Å². The van der Waals surface area contributed by atoms with Crippen LogP contribution in [0.15, 0.2) is 24.3 Å². The number of aldehydes is 1. The van der Waals surface area contributed by atoms with Gasteiger partial charge in [-0.1, -0.05) is 50.5 Å².